The smallest absolute Gasteiger partial charge is 0.255 e. The van der Waals surface area contributed by atoms with E-state index in [0.29, 0.717) is 5.92 Å². The largest absolute Gasteiger partial charge is 0.322 e. The summed E-state index contributed by atoms with van der Waals surface area (Å²) in [6.45, 7) is 4.31. The van der Waals surface area contributed by atoms with Gasteiger partial charge in [0.25, 0.3) is 0 Å². The van der Waals surface area contributed by atoms with Gasteiger partial charge in [0, 0.05) is 5.56 Å². The van der Waals surface area contributed by atoms with E-state index in [1.54, 1.807) is 0 Å². The number of hydrogen-bond donors (Lipinski definition) is 1. The first-order chi connectivity index (χ1) is 7.16. The standard InChI is InChI=1S/C11H12N2OS/c1-7(2)8-3-5-9(6-4-8)10-12-13-11(14)15-10/h3-7H,1-2H3,(H,13,14). The van der Waals surface area contributed by atoms with Crippen LogP contribution < -0.4 is 4.87 Å². The normalized spacial score (nSPS) is 10.9. The van der Waals surface area contributed by atoms with E-state index in [-0.39, 0.29) is 4.87 Å². The first kappa shape index (κ1) is 10.1. The van der Waals surface area contributed by atoms with E-state index >= 15 is 0 Å². The molecule has 0 unspecified atom stereocenters. The van der Waals surface area contributed by atoms with Gasteiger partial charge < -0.3 is 0 Å². The molecule has 2 rings (SSSR count). The summed E-state index contributed by atoms with van der Waals surface area (Å²) in [6, 6.07) is 8.15. The fourth-order valence-corrected chi connectivity index (χ4v) is 1.98. The van der Waals surface area contributed by atoms with E-state index in [9.17, 15) is 4.79 Å². The summed E-state index contributed by atoms with van der Waals surface area (Å²) in [5.74, 6) is 0.525. The first-order valence-electron chi connectivity index (χ1n) is 4.82. The van der Waals surface area contributed by atoms with Crippen LogP contribution in [0.4, 0.5) is 0 Å². The molecular formula is C11H12N2OS. The molecule has 0 bridgehead atoms. The van der Waals surface area contributed by atoms with Gasteiger partial charge >= 0.3 is 4.87 Å². The number of rotatable bonds is 2. The second-order valence-corrected chi connectivity index (χ2v) is 4.66. The molecule has 0 aliphatic heterocycles. The third-order valence-corrected chi connectivity index (χ3v) is 3.06. The third-order valence-electron chi connectivity index (χ3n) is 2.26. The summed E-state index contributed by atoms with van der Waals surface area (Å²) in [7, 11) is 0. The molecule has 1 N–H and O–H groups in total. The van der Waals surface area contributed by atoms with Crippen molar-refractivity contribution in [2.45, 2.75) is 19.8 Å². The second kappa shape index (κ2) is 3.98. The van der Waals surface area contributed by atoms with E-state index in [0.717, 1.165) is 21.9 Å². The highest BCUT2D eigenvalue weighted by Gasteiger charge is 2.04. The Balaban J connectivity index is 2.35. The Hall–Kier alpha value is -1.42. The van der Waals surface area contributed by atoms with Crippen LogP contribution in [-0.2, 0) is 0 Å². The van der Waals surface area contributed by atoms with Crippen LogP contribution in [0.5, 0.6) is 0 Å². The molecule has 3 nitrogen and oxygen atoms in total. The molecule has 0 spiro atoms. The Morgan fingerprint density at radius 2 is 1.93 bits per heavy atom. The predicted octanol–water partition coefficient (Wildman–Crippen LogP) is 2.62. The van der Waals surface area contributed by atoms with Gasteiger partial charge in [-0.3, -0.25) is 4.79 Å². The van der Waals surface area contributed by atoms with Crippen molar-refractivity contribution in [1.82, 2.24) is 10.2 Å². The number of aromatic amines is 1. The lowest BCUT2D eigenvalue weighted by Gasteiger charge is -2.04. The Bertz CT molecular complexity index is 496. The van der Waals surface area contributed by atoms with Crippen molar-refractivity contribution in [3.8, 4) is 10.6 Å². The fourth-order valence-electron chi connectivity index (χ4n) is 1.36. The zero-order valence-electron chi connectivity index (χ0n) is 8.65. The first-order valence-corrected chi connectivity index (χ1v) is 5.64. The average molecular weight is 220 g/mol. The van der Waals surface area contributed by atoms with Crippen molar-refractivity contribution in [2.75, 3.05) is 0 Å². The molecule has 0 aliphatic rings. The number of benzene rings is 1. The lowest BCUT2D eigenvalue weighted by Crippen LogP contribution is -1.90. The molecule has 1 aromatic heterocycles. The summed E-state index contributed by atoms with van der Waals surface area (Å²) < 4.78 is 0. The maximum Gasteiger partial charge on any atom is 0.322 e. The molecule has 1 aromatic carbocycles. The van der Waals surface area contributed by atoms with Gasteiger partial charge in [-0.2, -0.15) is 5.10 Å². The van der Waals surface area contributed by atoms with Gasteiger partial charge in [-0.25, -0.2) is 5.10 Å². The lowest BCUT2D eigenvalue weighted by atomic mass is 10.0. The Morgan fingerprint density at radius 3 is 2.40 bits per heavy atom. The van der Waals surface area contributed by atoms with Gasteiger partial charge in [0.2, 0.25) is 0 Å². The number of hydrogen-bond acceptors (Lipinski definition) is 3. The van der Waals surface area contributed by atoms with E-state index < -0.39 is 0 Å². The summed E-state index contributed by atoms with van der Waals surface area (Å²) in [6.07, 6.45) is 0. The van der Waals surface area contributed by atoms with E-state index in [1.807, 2.05) is 12.1 Å². The van der Waals surface area contributed by atoms with E-state index in [4.69, 9.17) is 0 Å². The van der Waals surface area contributed by atoms with Crippen LogP contribution in [0.3, 0.4) is 0 Å². The van der Waals surface area contributed by atoms with Crippen LogP contribution in [0.2, 0.25) is 0 Å². The number of nitrogens with one attached hydrogen (secondary N) is 1. The van der Waals surface area contributed by atoms with Crippen molar-refractivity contribution in [1.29, 1.82) is 0 Å². The summed E-state index contributed by atoms with van der Waals surface area (Å²) in [4.78, 5) is 10.8. The molecule has 1 heterocycles. The zero-order valence-corrected chi connectivity index (χ0v) is 9.47. The Kier molecular flexibility index (Phi) is 2.68. The zero-order chi connectivity index (χ0) is 10.8. The topological polar surface area (TPSA) is 45.8 Å². The van der Waals surface area contributed by atoms with Gasteiger partial charge in [0.05, 0.1) is 0 Å². The van der Waals surface area contributed by atoms with Crippen LogP contribution in [0.15, 0.2) is 29.1 Å². The van der Waals surface area contributed by atoms with Crippen molar-refractivity contribution in [3.05, 3.63) is 39.5 Å². The van der Waals surface area contributed by atoms with E-state index in [1.165, 1.54) is 5.56 Å². The fraction of sp³-hybridized carbons (Fsp3) is 0.273. The molecular weight excluding hydrogens is 208 g/mol. The van der Waals surface area contributed by atoms with Gasteiger partial charge in [-0.05, 0) is 11.5 Å². The monoisotopic (exact) mass is 220 g/mol. The van der Waals surface area contributed by atoms with Gasteiger partial charge in [0.15, 0.2) is 0 Å². The summed E-state index contributed by atoms with van der Waals surface area (Å²) in [5, 5.41) is 7.10. The highest BCUT2D eigenvalue weighted by atomic mass is 32.1. The molecule has 0 fully saturated rings. The van der Waals surface area contributed by atoms with Gasteiger partial charge in [-0.1, -0.05) is 49.4 Å². The minimum absolute atomic E-state index is 0.113. The molecule has 4 heteroatoms. The minimum Gasteiger partial charge on any atom is -0.255 e. The van der Waals surface area contributed by atoms with Gasteiger partial charge in [0.1, 0.15) is 5.01 Å². The predicted molar refractivity (Wildman–Crippen MR) is 62.3 cm³/mol. The molecule has 0 aliphatic carbocycles. The molecule has 0 amide bonds. The van der Waals surface area contributed by atoms with Crippen LogP contribution >= 0.6 is 11.3 Å². The number of nitrogens with zero attached hydrogens (tertiary/aromatic N) is 1. The average Bonchev–Trinajstić information content (AvgIpc) is 2.65. The van der Waals surface area contributed by atoms with Crippen LogP contribution in [0, 0.1) is 0 Å². The highest BCUT2D eigenvalue weighted by molar-refractivity contribution is 7.12. The van der Waals surface area contributed by atoms with Gasteiger partial charge in [-0.15, -0.1) is 0 Å². The SMILES string of the molecule is CC(C)c1ccc(-c2n[nH]c(=O)s2)cc1. The van der Waals surface area contributed by atoms with Crippen LogP contribution in [0.1, 0.15) is 25.3 Å². The molecule has 0 saturated heterocycles. The summed E-state index contributed by atoms with van der Waals surface area (Å²) >= 11 is 1.13. The molecule has 0 radical (unpaired) electrons. The third kappa shape index (κ3) is 2.15. The highest BCUT2D eigenvalue weighted by Crippen LogP contribution is 2.21. The Labute approximate surface area is 91.8 Å². The number of H-pyrrole nitrogens is 1. The second-order valence-electron chi connectivity index (χ2n) is 3.69. The van der Waals surface area contributed by atoms with Crippen molar-refractivity contribution in [2.24, 2.45) is 0 Å². The molecule has 78 valence electrons. The molecule has 2 aromatic rings. The lowest BCUT2D eigenvalue weighted by molar-refractivity contribution is 0.867. The maximum atomic E-state index is 10.9. The quantitative estimate of drug-likeness (QED) is 0.845. The molecule has 0 atom stereocenters. The maximum absolute atomic E-state index is 10.9. The van der Waals surface area contributed by atoms with Crippen LogP contribution in [0.25, 0.3) is 10.6 Å². The van der Waals surface area contributed by atoms with Crippen molar-refractivity contribution < 1.29 is 0 Å². The molecule has 15 heavy (non-hydrogen) atoms. The summed E-state index contributed by atoms with van der Waals surface area (Å²) in [5.41, 5.74) is 2.28. The molecule has 0 saturated carbocycles. The van der Waals surface area contributed by atoms with Crippen molar-refractivity contribution in [3.63, 3.8) is 0 Å². The van der Waals surface area contributed by atoms with Crippen LogP contribution in [-0.4, -0.2) is 10.2 Å². The van der Waals surface area contributed by atoms with E-state index in [2.05, 4.69) is 36.2 Å². The number of aromatic nitrogens is 2. The Morgan fingerprint density at radius 1 is 1.27 bits per heavy atom. The van der Waals surface area contributed by atoms with Crippen molar-refractivity contribution >= 4 is 11.3 Å². The minimum atomic E-state index is -0.113.